The Kier molecular flexibility index (Phi) is 18.7. The number of aliphatic hydroxyl groups is 1. The van der Waals surface area contributed by atoms with E-state index in [-0.39, 0.29) is 5.56 Å². The average Bonchev–Trinajstić information content (AvgIpc) is 2.93. The van der Waals surface area contributed by atoms with Crippen LogP contribution in [0.5, 0.6) is 0 Å². The molecule has 39 heavy (non-hydrogen) atoms. The molecule has 0 aliphatic rings. The largest absolute Gasteiger partial charge is 0.475 e. The van der Waals surface area contributed by atoms with Crippen molar-refractivity contribution in [3.8, 4) is 11.1 Å². The van der Waals surface area contributed by atoms with Crippen molar-refractivity contribution in [1.82, 2.24) is 0 Å². The molecule has 2 N–H and O–H groups in total. The highest BCUT2D eigenvalue weighted by Crippen LogP contribution is 2.41. The first-order valence-electron chi connectivity index (χ1n) is 13.1. The number of carbonyl (C=O) groups excluding carboxylic acids is 1. The van der Waals surface area contributed by atoms with Gasteiger partial charge in [0.15, 0.2) is 0 Å². The molecule has 214 valence electrons. The predicted octanol–water partition coefficient (Wildman–Crippen LogP) is 9.23. The van der Waals surface area contributed by atoms with Crippen molar-refractivity contribution in [3.05, 3.63) is 77.3 Å². The minimum absolute atomic E-state index is 0.128. The molecule has 0 spiro atoms. The second kappa shape index (κ2) is 20.2. The van der Waals surface area contributed by atoms with Gasteiger partial charge in [-0.15, -0.1) is 11.8 Å². The Balaban J connectivity index is 0.00000142. The van der Waals surface area contributed by atoms with Crippen LogP contribution in [0.2, 0.25) is 5.02 Å². The van der Waals surface area contributed by atoms with Crippen LogP contribution in [-0.2, 0) is 4.79 Å². The molecule has 3 rings (SSSR count). The summed E-state index contributed by atoms with van der Waals surface area (Å²) in [5, 5.41) is 16.5. The number of carbonyl (C=O) groups is 2. The molecule has 5 nitrogen and oxygen atoms in total. The fraction of sp³-hybridized carbons (Fsp3) is 0.375. The lowest BCUT2D eigenvalue weighted by molar-refractivity contribution is -0.131. The van der Waals surface area contributed by atoms with Gasteiger partial charge in [-0.05, 0) is 54.5 Å². The van der Waals surface area contributed by atoms with Crippen LogP contribution in [0.15, 0.2) is 71.6 Å². The number of benzene rings is 3. The Morgan fingerprint density at radius 1 is 0.923 bits per heavy atom. The Morgan fingerprint density at radius 3 is 1.97 bits per heavy atom. The molecule has 0 unspecified atom stereocenters. The molecule has 0 saturated heterocycles. The van der Waals surface area contributed by atoms with E-state index in [0.29, 0.717) is 10.6 Å². The summed E-state index contributed by atoms with van der Waals surface area (Å²) in [5.74, 6) is -1.58. The van der Waals surface area contributed by atoms with Crippen LogP contribution in [-0.4, -0.2) is 41.9 Å². The maximum Gasteiger partial charge on any atom is 0.377 e. The molecule has 0 aliphatic carbocycles. The molecule has 0 amide bonds. The van der Waals surface area contributed by atoms with Gasteiger partial charge in [0.25, 0.3) is 5.78 Å². The molecule has 0 aliphatic heterocycles. The highest BCUT2D eigenvalue weighted by Gasteiger charge is 2.19. The lowest BCUT2D eigenvalue weighted by Gasteiger charge is -2.27. The molecule has 0 fully saturated rings. The number of aliphatic hydroxyl groups excluding tert-OH is 1. The maximum atomic E-state index is 11.9. The van der Waals surface area contributed by atoms with Crippen molar-refractivity contribution in [2.75, 3.05) is 24.8 Å². The molecule has 0 bridgehead atoms. The van der Waals surface area contributed by atoms with E-state index < -0.39 is 11.8 Å². The zero-order valence-corrected chi connectivity index (χ0v) is 26.1. The number of carboxylic acids is 1. The first-order chi connectivity index (χ1) is 18.6. The maximum absolute atomic E-state index is 11.9. The minimum atomic E-state index is -1.48. The number of Topliss-reactive ketones (excluding diaryl/α,β-unsaturated/α-hetero) is 1. The topological polar surface area (TPSA) is 77.8 Å². The standard InChI is InChI=1S/C24H22ClNO3S.C4H10.C3H8.CH4O/c1-3-12-26(18-10-5-4-6-11-18)21-15-20(25)19(14-22(21)30-2)16-8-7-9-17(13-16)23(27)24(28)29;1-4(2)3;1-3-2;1-2/h4-11,13-15H,3,12H2,1-2H3,(H,28,29);4H,1-3H3;3H2,1-2H3;2H,1H3. The van der Waals surface area contributed by atoms with Crippen molar-refractivity contribution in [3.63, 3.8) is 0 Å². The predicted molar refractivity (Wildman–Crippen MR) is 169 cm³/mol. The third-order valence-corrected chi connectivity index (χ3v) is 5.78. The van der Waals surface area contributed by atoms with E-state index in [4.69, 9.17) is 21.8 Å². The third-order valence-electron chi connectivity index (χ3n) is 4.70. The minimum Gasteiger partial charge on any atom is -0.475 e. The van der Waals surface area contributed by atoms with Crippen LogP contribution < -0.4 is 4.90 Å². The highest BCUT2D eigenvalue weighted by atomic mass is 35.5. The first-order valence-corrected chi connectivity index (χ1v) is 14.7. The zero-order valence-electron chi connectivity index (χ0n) is 24.5. The van der Waals surface area contributed by atoms with Crippen LogP contribution in [0.3, 0.4) is 0 Å². The van der Waals surface area contributed by atoms with Crippen molar-refractivity contribution >= 4 is 46.5 Å². The number of ketones is 1. The van der Waals surface area contributed by atoms with Gasteiger partial charge in [0.1, 0.15) is 0 Å². The second-order valence-electron chi connectivity index (χ2n) is 9.15. The number of nitrogens with zero attached hydrogens (tertiary/aromatic N) is 1. The summed E-state index contributed by atoms with van der Waals surface area (Å²) in [6.45, 7) is 13.7. The van der Waals surface area contributed by atoms with Crippen LogP contribution in [0.25, 0.3) is 11.1 Å². The second-order valence-corrected chi connectivity index (χ2v) is 10.4. The zero-order chi connectivity index (χ0) is 30.0. The van der Waals surface area contributed by atoms with Gasteiger partial charge in [-0.1, -0.05) is 96.0 Å². The van der Waals surface area contributed by atoms with Crippen molar-refractivity contribution in [2.45, 2.75) is 59.3 Å². The molecular formula is C32H44ClNO4S. The first kappa shape index (κ1) is 36.2. The van der Waals surface area contributed by atoms with Crippen molar-refractivity contribution in [1.29, 1.82) is 0 Å². The summed E-state index contributed by atoms with van der Waals surface area (Å²) >= 11 is 8.30. The average molecular weight is 574 g/mol. The van der Waals surface area contributed by atoms with Crippen molar-refractivity contribution in [2.24, 2.45) is 5.92 Å². The normalized spacial score (nSPS) is 9.72. The van der Waals surface area contributed by atoms with Gasteiger partial charge in [-0.25, -0.2) is 4.79 Å². The van der Waals surface area contributed by atoms with E-state index in [1.165, 1.54) is 12.5 Å². The number of para-hydroxylation sites is 1. The molecule has 3 aromatic carbocycles. The Hall–Kier alpha value is -2.80. The monoisotopic (exact) mass is 573 g/mol. The van der Waals surface area contributed by atoms with Gasteiger partial charge >= 0.3 is 5.97 Å². The third kappa shape index (κ3) is 12.3. The van der Waals surface area contributed by atoms with Gasteiger partial charge in [-0.2, -0.15) is 0 Å². The summed E-state index contributed by atoms with van der Waals surface area (Å²) in [7, 11) is 1.00. The Morgan fingerprint density at radius 2 is 1.49 bits per heavy atom. The number of hydrogen-bond donors (Lipinski definition) is 2. The fourth-order valence-corrected chi connectivity index (χ4v) is 4.19. The quantitative estimate of drug-likeness (QED) is 0.159. The molecule has 0 heterocycles. The Bertz CT molecular complexity index is 1130. The van der Waals surface area contributed by atoms with Crippen molar-refractivity contribution < 1.29 is 19.8 Å². The summed E-state index contributed by atoms with van der Waals surface area (Å²) in [4.78, 5) is 26.2. The van der Waals surface area contributed by atoms with E-state index in [9.17, 15) is 9.59 Å². The highest BCUT2D eigenvalue weighted by molar-refractivity contribution is 7.98. The van der Waals surface area contributed by atoms with E-state index in [1.807, 2.05) is 42.7 Å². The lowest BCUT2D eigenvalue weighted by atomic mass is 10.0. The molecule has 0 saturated carbocycles. The molecule has 0 aromatic heterocycles. The van der Waals surface area contributed by atoms with E-state index in [1.54, 1.807) is 23.9 Å². The van der Waals surface area contributed by atoms with Crippen LogP contribution in [0, 0.1) is 5.92 Å². The fourth-order valence-electron chi connectivity index (χ4n) is 3.31. The molecule has 0 radical (unpaired) electrons. The van der Waals surface area contributed by atoms with E-state index >= 15 is 0 Å². The van der Waals surface area contributed by atoms with Gasteiger partial charge in [0, 0.05) is 35.4 Å². The van der Waals surface area contributed by atoms with Crippen LogP contribution in [0.4, 0.5) is 11.4 Å². The number of anilines is 2. The van der Waals surface area contributed by atoms with E-state index in [0.717, 1.165) is 47.8 Å². The SMILES string of the molecule is CC(C)C.CCC.CCCN(c1ccccc1)c1cc(Cl)c(-c2cccc(C(=O)C(=O)O)c2)cc1SC.CO. The van der Waals surface area contributed by atoms with Crippen LogP contribution in [0.1, 0.15) is 64.7 Å². The van der Waals surface area contributed by atoms with Crippen LogP contribution >= 0.6 is 23.4 Å². The van der Waals surface area contributed by atoms with Gasteiger partial charge in [0.05, 0.1) is 10.7 Å². The molecule has 7 heteroatoms. The summed E-state index contributed by atoms with van der Waals surface area (Å²) in [5.41, 5.74) is 3.70. The summed E-state index contributed by atoms with van der Waals surface area (Å²) < 4.78 is 0. The number of hydrogen-bond acceptors (Lipinski definition) is 5. The van der Waals surface area contributed by atoms with E-state index in [2.05, 4.69) is 58.6 Å². The summed E-state index contributed by atoms with van der Waals surface area (Å²) in [6.07, 6.45) is 4.23. The number of thioether (sulfide) groups is 1. The smallest absolute Gasteiger partial charge is 0.377 e. The van der Waals surface area contributed by atoms with Gasteiger partial charge in [-0.3, -0.25) is 4.79 Å². The summed E-state index contributed by atoms with van der Waals surface area (Å²) in [6, 6.07) is 20.7. The lowest BCUT2D eigenvalue weighted by Crippen LogP contribution is -2.18. The Labute approximate surface area is 244 Å². The number of aliphatic carboxylic acids is 1. The number of carboxylic acid groups (broad SMARTS) is 1. The van der Waals surface area contributed by atoms with Gasteiger partial charge in [0.2, 0.25) is 0 Å². The molecule has 3 aromatic rings. The number of rotatable bonds is 8. The van der Waals surface area contributed by atoms with Gasteiger partial charge < -0.3 is 15.1 Å². The molecule has 0 atom stereocenters. The molecular weight excluding hydrogens is 530 g/mol. The number of halogens is 1.